The average molecular weight is 600 g/mol. The van der Waals surface area contributed by atoms with Crippen LogP contribution < -0.4 is 14.2 Å². The molecule has 0 aliphatic heterocycles. The van der Waals surface area contributed by atoms with E-state index in [2.05, 4.69) is 6.92 Å². The van der Waals surface area contributed by atoms with Crippen molar-refractivity contribution in [3.63, 3.8) is 0 Å². The molecule has 4 rings (SSSR count). The van der Waals surface area contributed by atoms with Crippen molar-refractivity contribution in [2.75, 3.05) is 20.3 Å². The standard InChI is InChI=1S/C37H45NO6/c1-3-8-27-9-11-28(12-10-27)31-17-22-35(32(25-31)26-38)44-37(40)30-15-20-34(21-16-30)43-36(39)29-13-18-33(19-14-29)42-24-7-5-4-6-23-41-2/h13-22,25-28,38H,3-12,23-24H2,1-2H3. The monoisotopic (exact) mass is 599 g/mol. The number of carbonyl (C=O) groups excluding carboxylic acids is 2. The van der Waals surface area contributed by atoms with Gasteiger partial charge < -0.3 is 24.4 Å². The maximum Gasteiger partial charge on any atom is 0.343 e. The minimum Gasteiger partial charge on any atom is -0.494 e. The Morgan fingerprint density at radius 3 is 2.00 bits per heavy atom. The van der Waals surface area contributed by atoms with Gasteiger partial charge in [-0.1, -0.05) is 32.3 Å². The predicted octanol–water partition coefficient (Wildman–Crippen LogP) is 8.78. The smallest absolute Gasteiger partial charge is 0.343 e. The summed E-state index contributed by atoms with van der Waals surface area (Å²) in [7, 11) is 1.71. The first-order valence-electron chi connectivity index (χ1n) is 15.9. The average Bonchev–Trinajstić information content (AvgIpc) is 3.05. The molecule has 1 aliphatic rings. The molecule has 0 radical (unpaired) electrons. The van der Waals surface area contributed by atoms with E-state index in [9.17, 15) is 9.59 Å². The topological polar surface area (TPSA) is 94.9 Å². The highest BCUT2D eigenvalue weighted by atomic mass is 16.5. The highest BCUT2D eigenvalue weighted by Gasteiger charge is 2.23. The van der Waals surface area contributed by atoms with Crippen molar-refractivity contribution in [2.24, 2.45) is 5.92 Å². The molecule has 1 N–H and O–H groups in total. The molecule has 3 aromatic carbocycles. The molecule has 0 spiro atoms. The lowest BCUT2D eigenvalue weighted by Crippen LogP contribution is -2.14. The van der Waals surface area contributed by atoms with Gasteiger partial charge in [0.05, 0.1) is 17.7 Å². The second-order valence-corrected chi connectivity index (χ2v) is 11.5. The maximum atomic E-state index is 12.9. The Morgan fingerprint density at radius 1 is 0.773 bits per heavy atom. The summed E-state index contributed by atoms with van der Waals surface area (Å²) in [5.41, 5.74) is 2.51. The van der Waals surface area contributed by atoms with Gasteiger partial charge in [-0.15, -0.1) is 0 Å². The summed E-state index contributed by atoms with van der Waals surface area (Å²) in [6.07, 6.45) is 12.8. The molecule has 0 atom stereocenters. The van der Waals surface area contributed by atoms with E-state index in [1.165, 1.54) is 37.5 Å². The number of ether oxygens (including phenoxy) is 4. The second-order valence-electron chi connectivity index (χ2n) is 11.5. The highest BCUT2D eigenvalue weighted by molar-refractivity contribution is 5.94. The van der Waals surface area contributed by atoms with Crippen molar-refractivity contribution in [1.82, 2.24) is 0 Å². The fraction of sp³-hybridized carbons (Fsp3) is 0.432. The van der Waals surface area contributed by atoms with Crippen molar-refractivity contribution < 1.29 is 28.5 Å². The Labute approximate surface area is 261 Å². The molecule has 3 aromatic rings. The van der Waals surface area contributed by atoms with Crippen LogP contribution in [-0.2, 0) is 4.74 Å². The van der Waals surface area contributed by atoms with Crippen LogP contribution in [0.1, 0.15) is 109 Å². The molecule has 234 valence electrons. The number of carbonyl (C=O) groups is 2. The molecular formula is C37H45NO6. The van der Waals surface area contributed by atoms with Crippen LogP contribution in [0.2, 0.25) is 0 Å². The van der Waals surface area contributed by atoms with Crippen LogP contribution in [0.15, 0.2) is 66.7 Å². The number of unbranched alkanes of at least 4 members (excludes halogenated alkanes) is 3. The van der Waals surface area contributed by atoms with Gasteiger partial charge in [0.1, 0.15) is 17.2 Å². The molecule has 1 fully saturated rings. The van der Waals surface area contributed by atoms with Gasteiger partial charge in [-0.25, -0.2) is 9.59 Å². The van der Waals surface area contributed by atoms with Gasteiger partial charge in [0.25, 0.3) is 0 Å². The summed E-state index contributed by atoms with van der Waals surface area (Å²) in [5.74, 6) is 1.66. The molecule has 7 heteroatoms. The quantitative estimate of drug-likeness (QED) is 0.0765. The molecule has 44 heavy (non-hydrogen) atoms. The molecule has 1 saturated carbocycles. The third-order valence-corrected chi connectivity index (χ3v) is 8.31. The number of methoxy groups -OCH3 is 1. The second kappa shape index (κ2) is 17.4. The molecule has 0 heterocycles. The van der Waals surface area contributed by atoms with Gasteiger partial charge in [-0.2, -0.15) is 0 Å². The lowest BCUT2D eigenvalue weighted by Gasteiger charge is -2.29. The van der Waals surface area contributed by atoms with Crippen LogP contribution in [0.3, 0.4) is 0 Å². The molecule has 7 nitrogen and oxygen atoms in total. The van der Waals surface area contributed by atoms with Gasteiger partial charge in [-0.3, -0.25) is 0 Å². The minimum absolute atomic E-state index is 0.318. The Morgan fingerprint density at radius 2 is 1.39 bits per heavy atom. The zero-order chi connectivity index (χ0) is 31.1. The third kappa shape index (κ3) is 9.78. The van der Waals surface area contributed by atoms with Crippen molar-refractivity contribution in [3.05, 3.63) is 89.0 Å². The zero-order valence-corrected chi connectivity index (χ0v) is 26.0. The summed E-state index contributed by atoms with van der Waals surface area (Å²) in [6, 6.07) is 18.9. The van der Waals surface area contributed by atoms with Gasteiger partial charge in [-0.05, 0) is 123 Å². The molecule has 0 amide bonds. The number of nitrogens with one attached hydrogen (secondary N) is 1. The van der Waals surface area contributed by atoms with Crippen LogP contribution in [0.4, 0.5) is 0 Å². The number of rotatable bonds is 16. The van der Waals surface area contributed by atoms with Crippen molar-refractivity contribution in [3.8, 4) is 17.2 Å². The fourth-order valence-corrected chi connectivity index (χ4v) is 5.78. The van der Waals surface area contributed by atoms with Crippen LogP contribution in [-0.4, -0.2) is 38.5 Å². The minimum atomic E-state index is -0.538. The number of hydrogen-bond acceptors (Lipinski definition) is 7. The van der Waals surface area contributed by atoms with E-state index in [0.717, 1.165) is 51.0 Å². The summed E-state index contributed by atoms with van der Waals surface area (Å²) in [4.78, 5) is 25.5. The Balaban J connectivity index is 1.26. The van der Waals surface area contributed by atoms with Gasteiger partial charge in [0.15, 0.2) is 0 Å². The van der Waals surface area contributed by atoms with Crippen molar-refractivity contribution in [2.45, 2.75) is 77.0 Å². The third-order valence-electron chi connectivity index (χ3n) is 8.31. The first-order valence-corrected chi connectivity index (χ1v) is 15.9. The number of hydrogen-bond donors (Lipinski definition) is 1. The van der Waals surface area contributed by atoms with Crippen LogP contribution in [0.5, 0.6) is 17.2 Å². The first kappa shape index (κ1) is 32.9. The Kier molecular flexibility index (Phi) is 13.0. The van der Waals surface area contributed by atoms with Crippen molar-refractivity contribution in [1.29, 1.82) is 5.41 Å². The maximum absolute atomic E-state index is 12.9. The van der Waals surface area contributed by atoms with E-state index in [4.69, 9.17) is 24.4 Å². The summed E-state index contributed by atoms with van der Waals surface area (Å²) >= 11 is 0. The van der Waals surface area contributed by atoms with Crippen LogP contribution >= 0.6 is 0 Å². The highest BCUT2D eigenvalue weighted by Crippen LogP contribution is 2.38. The molecular weight excluding hydrogens is 554 g/mol. The van der Waals surface area contributed by atoms with Gasteiger partial charge in [0, 0.05) is 25.5 Å². The van der Waals surface area contributed by atoms with E-state index in [0.29, 0.717) is 46.5 Å². The number of benzene rings is 3. The molecule has 0 saturated heterocycles. The van der Waals surface area contributed by atoms with Crippen molar-refractivity contribution >= 4 is 18.2 Å². The van der Waals surface area contributed by atoms with E-state index >= 15 is 0 Å². The Hall–Kier alpha value is -3.97. The van der Waals surface area contributed by atoms with Crippen LogP contribution in [0.25, 0.3) is 0 Å². The SMILES string of the molecule is CCCC1CCC(c2ccc(OC(=O)c3ccc(OC(=O)c4ccc(OCCCCCCOC)cc4)cc3)c(C=N)c2)CC1. The van der Waals surface area contributed by atoms with E-state index in [1.807, 2.05) is 12.1 Å². The van der Waals surface area contributed by atoms with E-state index in [-0.39, 0.29) is 0 Å². The molecule has 1 aliphatic carbocycles. The zero-order valence-electron chi connectivity index (χ0n) is 26.0. The lowest BCUT2D eigenvalue weighted by molar-refractivity contribution is 0.0730. The fourth-order valence-electron chi connectivity index (χ4n) is 5.78. The summed E-state index contributed by atoms with van der Waals surface area (Å²) < 4.78 is 22.0. The first-order chi connectivity index (χ1) is 21.5. The van der Waals surface area contributed by atoms with E-state index < -0.39 is 11.9 Å². The van der Waals surface area contributed by atoms with Gasteiger partial charge >= 0.3 is 11.9 Å². The summed E-state index contributed by atoms with van der Waals surface area (Å²) in [5, 5.41) is 7.90. The Bertz CT molecular complexity index is 1340. The predicted molar refractivity (Wildman–Crippen MR) is 173 cm³/mol. The normalized spacial score (nSPS) is 16.2. The molecule has 0 bridgehead atoms. The number of esters is 2. The van der Waals surface area contributed by atoms with Crippen LogP contribution in [0, 0.1) is 11.3 Å². The van der Waals surface area contributed by atoms with E-state index in [1.54, 1.807) is 61.7 Å². The summed E-state index contributed by atoms with van der Waals surface area (Å²) in [6.45, 7) is 3.66. The lowest BCUT2D eigenvalue weighted by atomic mass is 9.77. The molecule has 0 unspecified atom stereocenters. The van der Waals surface area contributed by atoms with Gasteiger partial charge in [0.2, 0.25) is 0 Å². The molecule has 0 aromatic heterocycles. The largest absolute Gasteiger partial charge is 0.494 e.